The minimum atomic E-state index is -3.89. The summed E-state index contributed by atoms with van der Waals surface area (Å²) in [5.41, 5.74) is 0.650. The second kappa shape index (κ2) is 6.20. The molecule has 0 radical (unpaired) electrons. The van der Waals surface area contributed by atoms with Crippen molar-refractivity contribution in [3.05, 3.63) is 40.2 Å². The van der Waals surface area contributed by atoms with Gasteiger partial charge in [0.1, 0.15) is 9.77 Å². The van der Waals surface area contributed by atoms with E-state index in [1.807, 2.05) is 0 Å². The van der Waals surface area contributed by atoms with E-state index in [0.29, 0.717) is 11.4 Å². The molecule has 0 atom stereocenters. The van der Waals surface area contributed by atoms with Crippen LogP contribution in [-0.4, -0.2) is 31.6 Å². The van der Waals surface area contributed by atoms with Crippen LogP contribution in [0, 0.1) is 0 Å². The second-order valence-corrected chi connectivity index (χ2v) is 6.60. The zero-order chi connectivity index (χ0) is 15.5. The average Bonchev–Trinajstić information content (AvgIpc) is 2.96. The van der Waals surface area contributed by atoms with Crippen LogP contribution in [0.25, 0.3) is 0 Å². The topological polar surface area (TPSA) is 106 Å². The van der Waals surface area contributed by atoms with E-state index >= 15 is 0 Å². The number of rotatable bonds is 6. The smallest absolute Gasteiger partial charge is 0.347 e. The number of ether oxygens (including phenoxy) is 1. The van der Waals surface area contributed by atoms with Crippen molar-refractivity contribution < 1.29 is 23.1 Å². The van der Waals surface area contributed by atoms with Gasteiger partial charge in [-0.1, -0.05) is 0 Å². The van der Waals surface area contributed by atoms with Gasteiger partial charge in [0.25, 0.3) is 0 Å². The van der Waals surface area contributed by atoms with Crippen LogP contribution in [0.15, 0.2) is 34.7 Å². The minimum absolute atomic E-state index is 0.0100. The van der Waals surface area contributed by atoms with Crippen LogP contribution in [0.1, 0.15) is 15.2 Å². The molecule has 7 nitrogen and oxygen atoms in total. The molecule has 9 heteroatoms. The number of carboxylic acid groups (broad SMARTS) is 1. The Balaban J connectivity index is 2.18. The van der Waals surface area contributed by atoms with E-state index < -0.39 is 16.0 Å². The largest absolute Gasteiger partial charge is 0.481 e. The number of hydrogen-bond acceptors (Lipinski definition) is 6. The molecule has 0 aliphatic heterocycles. The van der Waals surface area contributed by atoms with Crippen molar-refractivity contribution in [3.8, 4) is 5.88 Å². The van der Waals surface area contributed by atoms with Gasteiger partial charge in [-0.3, -0.25) is 0 Å². The number of sulfonamides is 1. The van der Waals surface area contributed by atoms with Crippen molar-refractivity contribution in [1.29, 1.82) is 0 Å². The van der Waals surface area contributed by atoms with Gasteiger partial charge < -0.3 is 9.84 Å². The van der Waals surface area contributed by atoms with Crippen LogP contribution >= 0.6 is 11.3 Å². The Morgan fingerprint density at radius 3 is 2.90 bits per heavy atom. The summed E-state index contributed by atoms with van der Waals surface area (Å²) >= 11 is 0.864. The Labute approximate surface area is 125 Å². The lowest BCUT2D eigenvalue weighted by Gasteiger charge is -2.07. The first-order chi connectivity index (χ1) is 9.94. The number of hydrogen-bond donors (Lipinski definition) is 2. The zero-order valence-corrected chi connectivity index (χ0v) is 12.6. The fourth-order valence-electron chi connectivity index (χ4n) is 1.59. The molecule has 0 aliphatic rings. The molecular formula is C12H12N2O5S2. The third-order valence-corrected chi connectivity index (χ3v) is 5.06. The van der Waals surface area contributed by atoms with E-state index in [-0.39, 0.29) is 16.3 Å². The van der Waals surface area contributed by atoms with Gasteiger partial charge in [0, 0.05) is 18.8 Å². The Kier molecular flexibility index (Phi) is 4.56. The minimum Gasteiger partial charge on any atom is -0.481 e. The Morgan fingerprint density at radius 1 is 1.48 bits per heavy atom. The third-order valence-electron chi connectivity index (χ3n) is 2.59. The summed E-state index contributed by atoms with van der Waals surface area (Å²) in [6.07, 6.45) is 1.50. The molecule has 0 aromatic carbocycles. The van der Waals surface area contributed by atoms with E-state index in [4.69, 9.17) is 9.84 Å². The number of methoxy groups -OCH3 is 1. The Bertz CT molecular complexity index is 755. The highest BCUT2D eigenvalue weighted by Gasteiger charge is 2.23. The van der Waals surface area contributed by atoms with Gasteiger partial charge in [0.05, 0.1) is 7.11 Å². The normalized spacial score (nSPS) is 11.3. The number of nitrogens with zero attached hydrogens (tertiary/aromatic N) is 1. The number of aromatic carboxylic acids is 1. The number of aromatic nitrogens is 1. The summed E-state index contributed by atoms with van der Waals surface area (Å²) < 4.78 is 31.6. The highest BCUT2D eigenvalue weighted by atomic mass is 32.2. The predicted molar refractivity (Wildman–Crippen MR) is 76.1 cm³/mol. The van der Waals surface area contributed by atoms with Crippen molar-refractivity contribution in [3.63, 3.8) is 0 Å². The molecule has 2 aromatic heterocycles. The molecule has 0 spiro atoms. The summed E-state index contributed by atoms with van der Waals surface area (Å²) in [7, 11) is -2.43. The summed E-state index contributed by atoms with van der Waals surface area (Å²) in [5.74, 6) is -0.899. The summed E-state index contributed by atoms with van der Waals surface area (Å²) in [4.78, 5) is 14.4. The quantitative estimate of drug-likeness (QED) is 0.828. The molecule has 0 fully saturated rings. The molecule has 0 bridgehead atoms. The van der Waals surface area contributed by atoms with Crippen LogP contribution in [0.5, 0.6) is 5.88 Å². The van der Waals surface area contributed by atoms with Gasteiger partial charge in [-0.2, -0.15) is 0 Å². The van der Waals surface area contributed by atoms with Crippen LogP contribution < -0.4 is 9.46 Å². The maximum Gasteiger partial charge on any atom is 0.347 e. The van der Waals surface area contributed by atoms with Gasteiger partial charge in [-0.05, 0) is 23.1 Å². The van der Waals surface area contributed by atoms with E-state index in [1.165, 1.54) is 24.8 Å². The number of carbonyl (C=O) groups is 1. The first-order valence-corrected chi connectivity index (χ1v) is 8.09. The van der Waals surface area contributed by atoms with Crippen molar-refractivity contribution in [2.75, 3.05) is 7.11 Å². The average molecular weight is 328 g/mol. The van der Waals surface area contributed by atoms with Crippen molar-refractivity contribution >= 4 is 27.3 Å². The summed E-state index contributed by atoms with van der Waals surface area (Å²) in [6.45, 7) is 0.0100. The highest BCUT2D eigenvalue weighted by Crippen LogP contribution is 2.22. The first kappa shape index (κ1) is 15.4. The molecule has 2 heterocycles. The van der Waals surface area contributed by atoms with E-state index in [0.717, 1.165) is 11.3 Å². The van der Waals surface area contributed by atoms with Crippen LogP contribution in [0.2, 0.25) is 0 Å². The lowest BCUT2D eigenvalue weighted by atomic mass is 10.3. The van der Waals surface area contributed by atoms with Crippen LogP contribution in [0.3, 0.4) is 0 Å². The maximum absolute atomic E-state index is 12.1. The zero-order valence-electron chi connectivity index (χ0n) is 10.9. The van der Waals surface area contributed by atoms with Gasteiger partial charge in [0.2, 0.25) is 15.9 Å². The van der Waals surface area contributed by atoms with E-state index in [2.05, 4.69) is 9.71 Å². The molecule has 0 saturated heterocycles. The second-order valence-electron chi connectivity index (χ2n) is 3.95. The summed E-state index contributed by atoms with van der Waals surface area (Å²) in [5, 5.41) is 10.4. The first-order valence-electron chi connectivity index (χ1n) is 5.73. The van der Waals surface area contributed by atoms with E-state index in [1.54, 1.807) is 12.1 Å². The molecule has 0 amide bonds. The van der Waals surface area contributed by atoms with Gasteiger partial charge in [-0.15, -0.1) is 11.3 Å². The van der Waals surface area contributed by atoms with E-state index in [9.17, 15) is 13.2 Å². The standard InChI is InChI=1S/C12H12N2O5S2/c1-19-10-6-8(2-4-13-10)7-14-21(17,18)9-3-5-20-11(9)12(15)16/h2-6,14H,7H2,1H3,(H,15,16). The van der Waals surface area contributed by atoms with Gasteiger partial charge in [0.15, 0.2) is 0 Å². The Hall–Kier alpha value is -1.97. The van der Waals surface area contributed by atoms with Crippen molar-refractivity contribution in [2.45, 2.75) is 11.4 Å². The third kappa shape index (κ3) is 3.57. The molecule has 21 heavy (non-hydrogen) atoms. The lowest BCUT2D eigenvalue weighted by Crippen LogP contribution is -2.24. The fraction of sp³-hybridized carbons (Fsp3) is 0.167. The fourth-order valence-corrected chi connectivity index (χ4v) is 3.87. The molecule has 112 valence electrons. The molecule has 2 aromatic rings. The van der Waals surface area contributed by atoms with Crippen LogP contribution in [-0.2, 0) is 16.6 Å². The Morgan fingerprint density at radius 2 is 2.24 bits per heavy atom. The van der Waals surface area contributed by atoms with Gasteiger partial charge >= 0.3 is 5.97 Å². The number of pyridine rings is 1. The molecule has 0 aliphatic carbocycles. The monoisotopic (exact) mass is 328 g/mol. The molecule has 0 unspecified atom stereocenters. The molecule has 2 N–H and O–H groups in total. The van der Waals surface area contributed by atoms with Crippen molar-refractivity contribution in [1.82, 2.24) is 9.71 Å². The number of thiophene rings is 1. The van der Waals surface area contributed by atoms with Gasteiger partial charge in [-0.25, -0.2) is 22.9 Å². The SMILES string of the molecule is COc1cc(CNS(=O)(=O)c2ccsc2C(=O)O)ccn1. The number of nitrogens with one attached hydrogen (secondary N) is 1. The van der Waals surface area contributed by atoms with Crippen LogP contribution in [0.4, 0.5) is 0 Å². The van der Waals surface area contributed by atoms with Crippen molar-refractivity contribution in [2.24, 2.45) is 0 Å². The maximum atomic E-state index is 12.1. The summed E-state index contributed by atoms with van der Waals surface area (Å²) in [6, 6.07) is 4.49. The lowest BCUT2D eigenvalue weighted by molar-refractivity contribution is 0.0698. The predicted octanol–water partition coefficient (Wildman–Crippen LogP) is 1.33. The number of carboxylic acids is 1. The highest BCUT2D eigenvalue weighted by molar-refractivity contribution is 7.89. The molecular weight excluding hydrogens is 316 g/mol. The molecule has 2 rings (SSSR count). The molecule has 0 saturated carbocycles.